The predicted molar refractivity (Wildman–Crippen MR) is 66.1 cm³/mol. The molecular formula is C13H15NO3. The zero-order chi connectivity index (χ0) is 12.8. The number of carbonyl (C=O) groups excluding carboxylic acids is 2. The molecule has 0 radical (unpaired) electrons. The van der Waals surface area contributed by atoms with Crippen molar-refractivity contribution in [2.75, 3.05) is 21.2 Å². The quantitative estimate of drug-likeness (QED) is 0.586. The van der Waals surface area contributed by atoms with Crippen LogP contribution in [-0.4, -0.2) is 38.3 Å². The fourth-order valence-electron chi connectivity index (χ4n) is 1.38. The lowest BCUT2D eigenvalue weighted by Crippen LogP contribution is -2.22. The van der Waals surface area contributed by atoms with Crippen molar-refractivity contribution >= 4 is 18.3 Å². The van der Waals surface area contributed by atoms with E-state index in [9.17, 15) is 9.59 Å². The summed E-state index contributed by atoms with van der Waals surface area (Å²) in [6, 6.07) is 5.17. The van der Waals surface area contributed by atoms with E-state index in [0.29, 0.717) is 17.6 Å². The molecule has 0 atom stereocenters. The Kier molecular flexibility index (Phi) is 4.46. The van der Waals surface area contributed by atoms with Gasteiger partial charge in [-0.1, -0.05) is 12.1 Å². The van der Waals surface area contributed by atoms with Gasteiger partial charge in [-0.15, -0.1) is 0 Å². The minimum Gasteiger partial charge on any atom is -0.496 e. The Balaban J connectivity index is 3.13. The lowest BCUT2D eigenvalue weighted by Gasteiger charge is -2.13. The number of rotatable bonds is 4. The summed E-state index contributed by atoms with van der Waals surface area (Å²) >= 11 is 0. The van der Waals surface area contributed by atoms with Crippen LogP contribution in [0.25, 0.3) is 6.08 Å². The SMILES string of the molecule is COc1cc(/C=C/C=O)ccc1C(=O)N(C)C. The summed E-state index contributed by atoms with van der Waals surface area (Å²) in [7, 11) is 4.87. The third kappa shape index (κ3) is 3.17. The Morgan fingerprint density at radius 2 is 2.06 bits per heavy atom. The molecule has 0 N–H and O–H groups in total. The van der Waals surface area contributed by atoms with E-state index in [1.807, 2.05) is 0 Å². The number of aldehydes is 1. The van der Waals surface area contributed by atoms with Crippen LogP contribution in [0, 0.1) is 0 Å². The second-order valence-electron chi connectivity index (χ2n) is 3.65. The van der Waals surface area contributed by atoms with Crippen molar-refractivity contribution in [3.8, 4) is 5.75 Å². The Labute approximate surface area is 100 Å². The highest BCUT2D eigenvalue weighted by Gasteiger charge is 2.13. The van der Waals surface area contributed by atoms with Crippen LogP contribution in [0.1, 0.15) is 15.9 Å². The van der Waals surface area contributed by atoms with Gasteiger partial charge in [0.05, 0.1) is 12.7 Å². The number of amides is 1. The van der Waals surface area contributed by atoms with Crippen molar-refractivity contribution in [2.24, 2.45) is 0 Å². The Bertz CT molecular complexity index is 450. The summed E-state index contributed by atoms with van der Waals surface area (Å²) in [5.74, 6) is 0.379. The smallest absolute Gasteiger partial charge is 0.257 e. The summed E-state index contributed by atoms with van der Waals surface area (Å²) < 4.78 is 5.17. The second kappa shape index (κ2) is 5.84. The van der Waals surface area contributed by atoms with Gasteiger partial charge in [-0.3, -0.25) is 9.59 Å². The molecule has 0 fully saturated rings. The van der Waals surface area contributed by atoms with Gasteiger partial charge >= 0.3 is 0 Å². The molecule has 0 heterocycles. The maximum absolute atomic E-state index is 11.8. The molecule has 17 heavy (non-hydrogen) atoms. The second-order valence-corrected chi connectivity index (χ2v) is 3.65. The number of allylic oxidation sites excluding steroid dienone is 1. The molecule has 0 saturated heterocycles. The molecule has 0 bridgehead atoms. The molecule has 0 aliphatic rings. The van der Waals surface area contributed by atoms with E-state index >= 15 is 0 Å². The first-order chi connectivity index (χ1) is 8.10. The van der Waals surface area contributed by atoms with E-state index in [1.165, 1.54) is 18.1 Å². The summed E-state index contributed by atoms with van der Waals surface area (Å²) in [6.45, 7) is 0. The highest BCUT2D eigenvalue weighted by Crippen LogP contribution is 2.22. The summed E-state index contributed by atoms with van der Waals surface area (Å²) in [4.78, 5) is 23.5. The van der Waals surface area contributed by atoms with Gasteiger partial charge in [0.25, 0.3) is 5.91 Å². The molecule has 0 spiro atoms. The molecule has 0 unspecified atom stereocenters. The minimum absolute atomic E-state index is 0.118. The monoisotopic (exact) mass is 233 g/mol. The molecule has 0 saturated carbocycles. The van der Waals surface area contributed by atoms with Crippen molar-refractivity contribution < 1.29 is 14.3 Å². The summed E-state index contributed by atoms with van der Waals surface area (Å²) in [5.41, 5.74) is 1.31. The van der Waals surface area contributed by atoms with Crippen LogP contribution in [0.5, 0.6) is 5.75 Å². The lowest BCUT2D eigenvalue weighted by atomic mass is 10.1. The zero-order valence-electron chi connectivity index (χ0n) is 10.1. The van der Waals surface area contributed by atoms with Crippen LogP contribution < -0.4 is 4.74 Å². The zero-order valence-corrected chi connectivity index (χ0v) is 10.1. The van der Waals surface area contributed by atoms with Gasteiger partial charge in [-0.25, -0.2) is 0 Å². The molecule has 1 aromatic carbocycles. The molecule has 0 aromatic heterocycles. The van der Waals surface area contributed by atoms with Gasteiger partial charge in [-0.2, -0.15) is 0 Å². The minimum atomic E-state index is -0.118. The normalized spacial score (nSPS) is 10.3. The fraction of sp³-hybridized carbons (Fsp3) is 0.231. The number of nitrogens with zero attached hydrogens (tertiary/aromatic N) is 1. The average molecular weight is 233 g/mol. The first kappa shape index (κ1) is 13.0. The van der Waals surface area contributed by atoms with Gasteiger partial charge in [-0.05, 0) is 23.8 Å². The molecule has 1 amide bonds. The Morgan fingerprint density at radius 1 is 1.35 bits per heavy atom. The largest absolute Gasteiger partial charge is 0.496 e. The van der Waals surface area contributed by atoms with E-state index in [-0.39, 0.29) is 5.91 Å². The van der Waals surface area contributed by atoms with E-state index in [2.05, 4.69) is 0 Å². The van der Waals surface area contributed by atoms with Gasteiger partial charge in [0.1, 0.15) is 12.0 Å². The van der Waals surface area contributed by atoms with Gasteiger partial charge < -0.3 is 9.64 Å². The fourth-order valence-corrected chi connectivity index (χ4v) is 1.38. The summed E-state index contributed by atoms with van der Waals surface area (Å²) in [5, 5.41) is 0. The van der Waals surface area contributed by atoms with Gasteiger partial charge in [0.15, 0.2) is 0 Å². The van der Waals surface area contributed by atoms with Crippen molar-refractivity contribution in [3.05, 3.63) is 35.4 Å². The highest BCUT2D eigenvalue weighted by molar-refractivity contribution is 5.97. The van der Waals surface area contributed by atoms with Crippen molar-refractivity contribution in [1.29, 1.82) is 0 Å². The molecule has 1 aromatic rings. The van der Waals surface area contributed by atoms with Crippen LogP contribution in [0.15, 0.2) is 24.3 Å². The van der Waals surface area contributed by atoms with Gasteiger partial charge in [0.2, 0.25) is 0 Å². The number of hydrogen-bond acceptors (Lipinski definition) is 3. The molecule has 4 heteroatoms. The molecular weight excluding hydrogens is 218 g/mol. The van der Waals surface area contributed by atoms with Crippen molar-refractivity contribution in [2.45, 2.75) is 0 Å². The summed E-state index contributed by atoms with van der Waals surface area (Å²) in [6.07, 6.45) is 3.74. The maximum Gasteiger partial charge on any atom is 0.257 e. The molecule has 1 rings (SSSR count). The number of carbonyl (C=O) groups is 2. The molecule has 0 aliphatic heterocycles. The van der Waals surface area contributed by atoms with E-state index in [1.54, 1.807) is 38.4 Å². The highest BCUT2D eigenvalue weighted by atomic mass is 16.5. The van der Waals surface area contributed by atoms with Crippen LogP contribution in [0.4, 0.5) is 0 Å². The number of methoxy groups -OCH3 is 1. The van der Waals surface area contributed by atoms with E-state index in [4.69, 9.17) is 4.74 Å². The molecule has 4 nitrogen and oxygen atoms in total. The van der Waals surface area contributed by atoms with Crippen molar-refractivity contribution in [1.82, 2.24) is 4.90 Å². The Morgan fingerprint density at radius 3 is 2.59 bits per heavy atom. The van der Waals surface area contributed by atoms with Crippen LogP contribution in [-0.2, 0) is 4.79 Å². The molecule has 0 aliphatic carbocycles. The van der Waals surface area contributed by atoms with Crippen molar-refractivity contribution in [3.63, 3.8) is 0 Å². The topological polar surface area (TPSA) is 46.6 Å². The van der Waals surface area contributed by atoms with E-state index < -0.39 is 0 Å². The number of ether oxygens (including phenoxy) is 1. The van der Waals surface area contributed by atoms with Gasteiger partial charge in [0, 0.05) is 14.1 Å². The standard InChI is InChI=1S/C13H15NO3/c1-14(2)13(16)11-7-6-10(5-4-8-15)9-12(11)17-3/h4-9H,1-3H3/b5-4+. The maximum atomic E-state index is 11.8. The first-order valence-electron chi connectivity index (χ1n) is 5.11. The lowest BCUT2D eigenvalue weighted by molar-refractivity contribution is -0.104. The molecule has 90 valence electrons. The Hall–Kier alpha value is -2.10. The average Bonchev–Trinajstić information content (AvgIpc) is 2.34. The van der Waals surface area contributed by atoms with Crippen LogP contribution >= 0.6 is 0 Å². The number of benzene rings is 1. The number of hydrogen-bond donors (Lipinski definition) is 0. The third-order valence-electron chi connectivity index (χ3n) is 2.23. The first-order valence-corrected chi connectivity index (χ1v) is 5.11. The predicted octanol–water partition coefficient (Wildman–Crippen LogP) is 1.61. The van der Waals surface area contributed by atoms with E-state index in [0.717, 1.165) is 5.56 Å². The third-order valence-corrected chi connectivity index (χ3v) is 2.23. The van der Waals surface area contributed by atoms with Crippen LogP contribution in [0.2, 0.25) is 0 Å². The van der Waals surface area contributed by atoms with Crippen LogP contribution in [0.3, 0.4) is 0 Å².